The monoisotopic (exact) mass is 462 g/mol. The number of hydrogen-bond donors (Lipinski definition) is 5. The van der Waals surface area contributed by atoms with E-state index in [9.17, 15) is 15.0 Å². The van der Waals surface area contributed by atoms with Gasteiger partial charge >= 0.3 is 0 Å². The SMILES string of the molecule is Cc1c(O)ccc(CCNC(=O)c2cccc(C[C@@H](C)NC[C@@H](O)c3ccc(N)nc3)c2)c1C. The maximum absolute atomic E-state index is 12.7. The highest BCUT2D eigenvalue weighted by molar-refractivity contribution is 5.94. The Morgan fingerprint density at radius 2 is 1.91 bits per heavy atom. The first-order chi connectivity index (χ1) is 16.2. The lowest BCUT2D eigenvalue weighted by Gasteiger charge is -2.18. The summed E-state index contributed by atoms with van der Waals surface area (Å²) >= 11 is 0. The Balaban J connectivity index is 1.49. The van der Waals surface area contributed by atoms with Crippen molar-refractivity contribution in [1.29, 1.82) is 0 Å². The molecule has 6 N–H and O–H groups in total. The number of anilines is 1. The summed E-state index contributed by atoms with van der Waals surface area (Å²) in [5, 5.41) is 26.5. The average molecular weight is 463 g/mol. The standard InChI is InChI=1S/C27H34N4O3/c1-17(30-16-25(33)23-8-10-26(28)31-15-23)13-20-5-4-6-22(14-20)27(34)29-12-11-21-7-9-24(32)19(3)18(21)2/h4-10,14-15,17,25,30,32-33H,11-13,16H2,1-3H3,(H2,28,31)(H,29,34)/t17-,25-/m1/s1. The lowest BCUT2D eigenvalue weighted by Crippen LogP contribution is -2.32. The van der Waals surface area contributed by atoms with Crippen LogP contribution in [0.1, 0.15) is 51.2 Å². The van der Waals surface area contributed by atoms with E-state index in [1.165, 1.54) is 0 Å². The fourth-order valence-electron chi connectivity index (χ4n) is 3.86. The minimum Gasteiger partial charge on any atom is -0.508 e. The van der Waals surface area contributed by atoms with Crippen LogP contribution >= 0.6 is 0 Å². The number of benzene rings is 2. The van der Waals surface area contributed by atoms with E-state index in [4.69, 9.17) is 5.73 Å². The molecule has 0 bridgehead atoms. The second kappa shape index (κ2) is 11.6. The van der Waals surface area contributed by atoms with Gasteiger partial charge in [0.1, 0.15) is 11.6 Å². The lowest BCUT2D eigenvalue weighted by atomic mass is 10.00. The van der Waals surface area contributed by atoms with E-state index in [2.05, 4.69) is 15.6 Å². The highest BCUT2D eigenvalue weighted by atomic mass is 16.3. The van der Waals surface area contributed by atoms with Crippen LogP contribution in [0.5, 0.6) is 5.75 Å². The summed E-state index contributed by atoms with van der Waals surface area (Å²) in [7, 11) is 0. The van der Waals surface area contributed by atoms with Gasteiger partial charge in [-0.15, -0.1) is 0 Å². The number of aromatic hydroxyl groups is 1. The number of phenols is 1. The predicted molar refractivity (Wildman–Crippen MR) is 135 cm³/mol. The predicted octanol–water partition coefficient (Wildman–Crippen LogP) is 3.21. The molecule has 7 nitrogen and oxygen atoms in total. The highest BCUT2D eigenvalue weighted by Gasteiger charge is 2.12. The molecule has 34 heavy (non-hydrogen) atoms. The number of pyridine rings is 1. The minimum atomic E-state index is -0.673. The van der Waals surface area contributed by atoms with Crippen molar-refractivity contribution < 1.29 is 15.0 Å². The first-order valence-electron chi connectivity index (χ1n) is 11.5. The number of rotatable bonds is 10. The Labute approximate surface area is 201 Å². The third-order valence-corrected chi connectivity index (χ3v) is 6.14. The molecule has 1 heterocycles. The first-order valence-corrected chi connectivity index (χ1v) is 11.5. The second-order valence-corrected chi connectivity index (χ2v) is 8.75. The summed E-state index contributed by atoms with van der Waals surface area (Å²) in [5.41, 5.74) is 11.0. The van der Waals surface area contributed by atoms with E-state index in [0.29, 0.717) is 42.2 Å². The topological polar surface area (TPSA) is 120 Å². The third kappa shape index (κ3) is 6.79. The van der Waals surface area contributed by atoms with Crippen LogP contribution in [-0.4, -0.2) is 40.2 Å². The Morgan fingerprint density at radius 3 is 2.65 bits per heavy atom. The number of aliphatic hydroxyl groups is 1. The average Bonchev–Trinajstić information content (AvgIpc) is 2.83. The summed E-state index contributed by atoms with van der Waals surface area (Å²) in [6, 6.07) is 14.8. The molecule has 2 aromatic carbocycles. The molecule has 0 unspecified atom stereocenters. The molecule has 1 amide bonds. The molecule has 0 aliphatic carbocycles. The number of nitrogens with two attached hydrogens (primary N) is 1. The highest BCUT2D eigenvalue weighted by Crippen LogP contribution is 2.23. The number of carbonyl (C=O) groups excluding carboxylic acids is 1. The van der Waals surface area contributed by atoms with Gasteiger partial charge in [-0.05, 0) is 80.1 Å². The van der Waals surface area contributed by atoms with Gasteiger partial charge in [-0.3, -0.25) is 4.79 Å². The number of carbonyl (C=O) groups is 1. The van der Waals surface area contributed by atoms with E-state index in [1.807, 2.05) is 51.1 Å². The quantitative estimate of drug-likeness (QED) is 0.316. The van der Waals surface area contributed by atoms with Crippen molar-refractivity contribution in [1.82, 2.24) is 15.6 Å². The largest absolute Gasteiger partial charge is 0.508 e. The summed E-state index contributed by atoms with van der Waals surface area (Å²) in [6.07, 6.45) is 2.33. The van der Waals surface area contributed by atoms with Gasteiger partial charge in [0, 0.05) is 36.5 Å². The van der Waals surface area contributed by atoms with Gasteiger partial charge in [0.15, 0.2) is 0 Å². The number of nitrogen functional groups attached to an aromatic ring is 1. The van der Waals surface area contributed by atoms with E-state index in [-0.39, 0.29) is 11.9 Å². The van der Waals surface area contributed by atoms with Gasteiger partial charge in [0.25, 0.3) is 5.91 Å². The van der Waals surface area contributed by atoms with Gasteiger partial charge in [0.05, 0.1) is 6.10 Å². The molecule has 180 valence electrons. The van der Waals surface area contributed by atoms with Crippen LogP contribution in [0.25, 0.3) is 0 Å². The number of hydrogen-bond acceptors (Lipinski definition) is 6. The van der Waals surface area contributed by atoms with Gasteiger partial charge < -0.3 is 26.6 Å². The van der Waals surface area contributed by atoms with E-state index >= 15 is 0 Å². The molecule has 7 heteroatoms. The number of aliphatic hydroxyl groups excluding tert-OH is 1. The summed E-state index contributed by atoms with van der Waals surface area (Å²) in [5.74, 6) is 0.608. The first kappa shape index (κ1) is 25.2. The molecule has 0 saturated carbocycles. The number of nitrogens with one attached hydrogen (secondary N) is 2. The Bertz CT molecular complexity index is 1120. The molecule has 0 aliphatic rings. The van der Waals surface area contributed by atoms with Gasteiger partial charge in [-0.1, -0.05) is 24.3 Å². The summed E-state index contributed by atoms with van der Waals surface area (Å²) < 4.78 is 0. The Morgan fingerprint density at radius 1 is 1.12 bits per heavy atom. The van der Waals surface area contributed by atoms with Crippen molar-refractivity contribution in [3.63, 3.8) is 0 Å². The van der Waals surface area contributed by atoms with Crippen LogP contribution < -0.4 is 16.4 Å². The van der Waals surface area contributed by atoms with Crippen LogP contribution in [0.3, 0.4) is 0 Å². The van der Waals surface area contributed by atoms with Crippen molar-refractivity contribution in [2.75, 3.05) is 18.8 Å². The Hall–Kier alpha value is -3.42. The van der Waals surface area contributed by atoms with Gasteiger partial charge in [0.2, 0.25) is 0 Å². The van der Waals surface area contributed by atoms with Gasteiger partial charge in [-0.25, -0.2) is 4.98 Å². The smallest absolute Gasteiger partial charge is 0.251 e. The zero-order chi connectivity index (χ0) is 24.7. The van der Waals surface area contributed by atoms with E-state index in [0.717, 1.165) is 28.7 Å². The summed E-state index contributed by atoms with van der Waals surface area (Å²) in [6.45, 7) is 6.83. The lowest BCUT2D eigenvalue weighted by molar-refractivity contribution is 0.0954. The molecule has 0 radical (unpaired) electrons. The molecule has 0 fully saturated rings. The third-order valence-electron chi connectivity index (χ3n) is 6.14. The van der Waals surface area contributed by atoms with Crippen molar-refractivity contribution in [2.24, 2.45) is 0 Å². The van der Waals surface area contributed by atoms with E-state index in [1.54, 1.807) is 24.4 Å². The van der Waals surface area contributed by atoms with Crippen LogP contribution in [0.4, 0.5) is 5.82 Å². The normalized spacial score (nSPS) is 12.8. The molecule has 3 aromatic rings. The molecule has 0 saturated heterocycles. The molecule has 1 aromatic heterocycles. The number of amides is 1. The van der Waals surface area contributed by atoms with Crippen molar-refractivity contribution in [3.05, 3.63) is 88.1 Å². The fraction of sp³-hybridized carbons (Fsp3) is 0.333. The maximum Gasteiger partial charge on any atom is 0.251 e. The molecular weight excluding hydrogens is 428 g/mol. The number of nitrogens with zero attached hydrogens (tertiary/aromatic N) is 1. The van der Waals surface area contributed by atoms with Crippen molar-refractivity contribution in [3.8, 4) is 5.75 Å². The van der Waals surface area contributed by atoms with Crippen LogP contribution in [0, 0.1) is 13.8 Å². The molecular formula is C27H34N4O3. The minimum absolute atomic E-state index is 0.107. The molecule has 2 atom stereocenters. The van der Waals surface area contributed by atoms with Crippen LogP contribution in [-0.2, 0) is 12.8 Å². The molecule has 3 rings (SSSR count). The van der Waals surface area contributed by atoms with Crippen molar-refractivity contribution in [2.45, 2.75) is 45.8 Å². The number of phenolic OH excluding ortho intramolecular Hbond substituents is 1. The van der Waals surface area contributed by atoms with Crippen LogP contribution in [0.15, 0.2) is 54.7 Å². The van der Waals surface area contributed by atoms with Gasteiger partial charge in [-0.2, -0.15) is 0 Å². The molecule has 0 aliphatic heterocycles. The second-order valence-electron chi connectivity index (χ2n) is 8.75. The zero-order valence-corrected chi connectivity index (χ0v) is 20.0. The number of aromatic nitrogens is 1. The van der Waals surface area contributed by atoms with Crippen LogP contribution in [0.2, 0.25) is 0 Å². The fourth-order valence-corrected chi connectivity index (χ4v) is 3.86. The Kier molecular flexibility index (Phi) is 8.62. The summed E-state index contributed by atoms with van der Waals surface area (Å²) in [4.78, 5) is 16.7. The maximum atomic E-state index is 12.7. The zero-order valence-electron chi connectivity index (χ0n) is 20.0. The molecule has 0 spiro atoms. The van der Waals surface area contributed by atoms with E-state index < -0.39 is 6.10 Å². The van der Waals surface area contributed by atoms with Crippen molar-refractivity contribution >= 4 is 11.7 Å².